The fourth-order valence-electron chi connectivity index (χ4n) is 4.16. The number of hydrogen-bond donors (Lipinski definition) is 2. The Balaban J connectivity index is 1.62. The Morgan fingerprint density at radius 3 is 2.35 bits per heavy atom. The highest BCUT2D eigenvalue weighted by Crippen LogP contribution is 2.35. The van der Waals surface area contributed by atoms with Crippen LogP contribution in [0.4, 0.5) is 11.5 Å². The van der Waals surface area contributed by atoms with Crippen LogP contribution in [0.15, 0.2) is 53.3 Å². The van der Waals surface area contributed by atoms with Gasteiger partial charge in [0.25, 0.3) is 5.56 Å². The lowest BCUT2D eigenvalue weighted by Crippen LogP contribution is -2.43. The van der Waals surface area contributed by atoms with E-state index in [-0.39, 0.29) is 17.0 Å². The molecule has 1 fully saturated rings. The van der Waals surface area contributed by atoms with Crippen molar-refractivity contribution in [3.05, 3.63) is 68.9 Å². The lowest BCUT2D eigenvalue weighted by atomic mass is 10.1. The molecule has 2 aromatic heterocycles. The van der Waals surface area contributed by atoms with Gasteiger partial charge in [-0.15, -0.1) is 4.73 Å². The number of nitrogens with two attached hydrogens (primary N) is 1. The van der Waals surface area contributed by atoms with Gasteiger partial charge < -0.3 is 20.8 Å². The summed E-state index contributed by atoms with van der Waals surface area (Å²) in [6.07, 6.45) is 0. The Kier molecular flexibility index (Phi) is 6.03. The smallest absolute Gasteiger partial charge is 0.293 e. The zero-order chi connectivity index (χ0) is 23.8. The fraction of sp³-hybridized carbons (Fsp3) is 0.208. The molecule has 0 bridgehead atoms. The molecule has 4 aromatic rings. The number of pyridine rings is 1. The van der Waals surface area contributed by atoms with E-state index >= 15 is 0 Å². The summed E-state index contributed by atoms with van der Waals surface area (Å²) >= 11 is 12.7. The Morgan fingerprint density at radius 2 is 1.71 bits per heavy atom. The first-order valence-electron chi connectivity index (χ1n) is 10.8. The second kappa shape index (κ2) is 9.13. The summed E-state index contributed by atoms with van der Waals surface area (Å²) in [6, 6.07) is 14.6. The summed E-state index contributed by atoms with van der Waals surface area (Å²) in [7, 11) is 1.39. The summed E-state index contributed by atoms with van der Waals surface area (Å²) in [5, 5.41) is 4.48. The largest absolute Gasteiger partial charge is 0.412 e. The molecule has 0 amide bonds. The third kappa shape index (κ3) is 3.94. The Labute approximate surface area is 205 Å². The number of anilines is 2. The van der Waals surface area contributed by atoms with Crippen LogP contribution in [0, 0.1) is 0 Å². The minimum Gasteiger partial charge on any atom is -0.412 e. The minimum absolute atomic E-state index is 0.210. The summed E-state index contributed by atoms with van der Waals surface area (Å²) in [6.45, 7) is 3.83. The number of nitrogen functional groups attached to an aromatic ring is 1. The van der Waals surface area contributed by atoms with Crippen molar-refractivity contribution in [3.63, 3.8) is 0 Å². The molecule has 1 aliphatic heterocycles. The molecule has 0 aliphatic carbocycles. The third-order valence-corrected chi connectivity index (χ3v) is 6.50. The highest BCUT2D eigenvalue weighted by molar-refractivity contribution is 6.39. The van der Waals surface area contributed by atoms with E-state index in [0.717, 1.165) is 42.2 Å². The average molecular weight is 497 g/mol. The van der Waals surface area contributed by atoms with E-state index in [2.05, 4.69) is 20.2 Å². The van der Waals surface area contributed by atoms with Crippen molar-refractivity contribution in [2.45, 2.75) is 0 Å². The first-order valence-corrected chi connectivity index (χ1v) is 11.5. The molecule has 0 unspecified atom stereocenters. The molecular weight excluding hydrogens is 475 g/mol. The number of nitrogens with zero attached hydrogens (tertiary/aromatic N) is 4. The second-order valence-electron chi connectivity index (χ2n) is 7.89. The van der Waals surface area contributed by atoms with Crippen molar-refractivity contribution >= 4 is 45.7 Å². The molecule has 1 aliphatic rings. The van der Waals surface area contributed by atoms with Gasteiger partial charge in [-0.1, -0.05) is 29.3 Å². The van der Waals surface area contributed by atoms with E-state index in [9.17, 15) is 4.79 Å². The SMILES string of the molecule is COn1c(=O)c(-c2c(Cl)cccc2Cl)cc2c(N)nc(-c3ccc(N4CCNCC4)cc3)nc21. The minimum atomic E-state index is -0.455. The van der Waals surface area contributed by atoms with Gasteiger partial charge in [-0.2, -0.15) is 0 Å². The van der Waals surface area contributed by atoms with Crippen LogP contribution in [0.5, 0.6) is 0 Å². The molecule has 3 N–H and O–H groups in total. The third-order valence-electron chi connectivity index (χ3n) is 5.87. The van der Waals surface area contributed by atoms with Gasteiger partial charge in [0.15, 0.2) is 11.5 Å². The van der Waals surface area contributed by atoms with Gasteiger partial charge in [0, 0.05) is 43.0 Å². The number of nitrogens with one attached hydrogen (secondary N) is 1. The highest BCUT2D eigenvalue weighted by Gasteiger charge is 2.20. The van der Waals surface area contributed by atoms with Crippen LogP contribution >= 0.6 is 23.2 Å². The maximum atomic E-state index is 13.3. The molecule has 174 valence electrons. The fourth-order valence-corrected chi connectivity index (χ4v) is 4.76. The van der Waals surface area contributed by atoms with Crippen molar-refractivity contribution in [1.82, 2.24) is 20.0 Å². The van der Waals surface area contributed by atoms with Crippen LogP contribution in [0.1, 0.15) is 0 Å². The molecule has 34 heavy (non-hydrogen) atoms. The van der Waals surface area contributed by atoms with E-state index < -0.39 is 5.56 Å². The second-order valence-corrected chi connectivity index (χ2v) is 8.70. The van der Waals surface area contributed by atoms with Gasteiger partial charge in [-0.25, -0.2) is 9.97 Å². The topological polar surface area (TPSA) is 98.3 Å². The monoisotopic (exact) mass is 496 g/mol. The Morgan fingerprint density at radius 1 is 1.03 bits per heavy atom. The molecule has 5 rings (SSSR count). The van der Waals surface area contributed by atoms with E-state index in [0.29, 0.717) is 26.8 Å². The summed E-state index contributed by atoms with van der Waals surface area (Å²) in [5.41, 5.74) is 8.69. The van der Waals surface area contributed by atoms with Crippen LogP contribution in [-0.2, 0) is 0 Å². The predicted molar refractivity (Wildman–Crippen MR) is 137 cm³/mol. The van der Waals surface area contributed by atoms with Gasteiger partial charge in [0.05, 0.1) is 21.0 Å². The molecule has 1 saturated heterocycles. The van der Waals surface area contributed by atoms with Gasteiger partial charge >= 0.3 is 0 Å². The summed E-state index contributed by atoms with van der Waals surface area (Å²) in [5.74, 6) is 0.604. The summed E-state index contributed by atoms with van der Waals surface area (Å²) < 4.78 is 1.08. The van der Waals surface area contributed by atoms with Crippen molar-refractivity contribution in [2.75, 3.05) is 43.9 Å². The van der Waals surface area contributed by atoms with E-state index in [1.165, 1.54) is 7.11 Å². The van der Waals surface area contributed by atoms with Crippen molar-refractivity contribution in [3.8, 4) is 22.5 Å². The Hall–Kier alpha value is -3.33. The van der Waals surface area contributed by atoms with Crippen LogP contribution in [0.2, 0.25) is 10.0 Å². The zero-order valence-electron chi connectivity index (χ0n) is 18.4. The van der Waals surface area contributed by atoms with Crippen molar-refractivity contribution in [1.29, 1.82) is 0 Å². The maximum absolute atomic E-state index is 13.3. The highest BCUT2D eigenvalue weighted by atomic mass is 35.5. The molecule has 0 spiro atoms. The molecule has 0 radical (unpaired) electrons. The van der Waals surface area contributed by atoms with Crippen molar-refractivity contribution < 1.29 is 4.84 Å². The predicted octanol–water partition coefficient (Wildman–Crippen LogP) is 3.48. The number of rotatable bonds is 4. The van der Waals surface area contributed by atoms with Crippen LogP contribution in [-0.4, -0.2) is 48.0 Å². The van der Waals surface area contributed by atoms with Gasteiger partial charge in [0.2, 0.25) is 0 Å². The zero-order valence-corrected chi connectivity index (χ0v) is 19.9. The lowest BCUT2D eigenvalue weighted by molar-refractivity contribution is 0.168. The molecular formula is C24H22Cl2N6O2. The van der Waals surface area contributed by atoms with Gasteiger partial charge in [-0.05, 0) is 42.5 Å². The number of hydrogen-bond acceptors (Lipinski definition) is 7. The molecule has 2 aromatic carbocycles. The molecule has 0 atom stereocenters. The lowest BCUT2D eigenvalue weighted by Gasteiger charge is -2.29. The standard InChI is InChI=1S/C24H22Cl2N6O2/c1-34-32-23-17(13-16(24(32)33)20-18(25)3-2-4-19(20)26)21(27)29-22(30-23)14-5-7-15(8-6-14)31-11-9-28-10-12-31/h2-8,13,28H,9-12H2,1H3,(H2,27,29,30). The number of piperazine rings is 1. The first kappa shape index (κ1) is 22.5. The number of halogens is 2. The van der Waals surface area contributed by atoms with Crippen molar-refractivity contribution in [2.24, 2.45) is 0 Å². The van der Waals surface area contributed by atoms with E-state index in [1.807, 2.05) is 24.3 Å². The van der Waals surface area contributed by atoms with E-state index in [1.54, 1.807) is 24.3 Å². The van der Waals surface area contributed by atoms with Gasteiger partial charge in [0.1, 0.15) is 12.9 Å². The molecule has 3 heterocycles. The molecule has 10 heteroatoms. The Bertz CT molecular complexity index is 1410. The quantitative estimate of drug-likeness (QED) is 0.446. The van der Waals surface area contributed by atoms with Gasteiger partial charge in [-0.3, -0.25) is 4.79 Å². The van der Waals surface area contributed by atoms with E-state index in [4.69, 9.17) is 33.8 Å². The number of fused-ring (bicyclic) bond motifs is 1. The average Bonchev–Trinajstić information content (AvgIpc) is 2.85. The van der Waals surface area contributed by atoms with Crippen LogP contribution in [0.25, 0.3) is 33.5 Å². The molecule has 8 nitrogen and oxygen atoms in total. The number of benzene rings is 2. The summed E-state index contributed by atoms with van der Waals surface area (Å²) in [4.78, 5) is 30.2. The first-order chi connectivity index (χ1) is 16.5. The normalized spacial score (nSPS) is 13.9. The van der Waals surface area contributed by atoms with Crippen LogP contribution in [0.3, 0.4) is 0 Å². The number of aromatic nitrogens is 3. The van der Waals surface area contributed by atoms with Crippen LogP contribution < -0.4 is 26.3 Å². The maximum Gasteiger partial charge on any atom is 0.293 e. The molecule has 0 saturated carbocycles.